The van der Waals surface area contributed by atoms with Gasteiger partial charge in [-0.05, 0) is 49.9 Å². The molecule has 1 atom stereocenters. The van der Waals surface area contributed by atoms with Crippen LogP contribution >= 0.6 is 0 Å². The van der Waals surface area contributed by atoms with Crippen molar-refractivity contribution in [3.63, 3.8) is 0 Å². The lowest BCUT2D eigenvalue weighted by molar-refractivity contribution is 0.0527. The van der Waals surface area contributed by atoms with Crippen LogP contribution in [0.4, 0.5) is 0 Å². The normalized spacial score (nSPS) is 16.5. The Bertz CT molecular complexity index is 967. The van der Waals surface area contributed by atoms with Crippen LogP contribution in [-0.2, 0) is 0 Å². The van der Waals surface area contributed by atoms with Crippen molar-refractivity contribution in [2.24, 2.45) is 0 Å². The number of rotatable bonds is 4. The molecule has 5 heteroatoms. The van der Waals surface area contributed by atoms with Crippen LogP contribution in [0.1, 0.15) is 34.7 Å². The zero-order chi connectivity index (χ0) is 20.2. The maximum atomic E-state index is 13.0. The first-order valence-electron chi connectivity index (χ1n) is 10.0. The molecule has 1 unspecified atom stereocenters. The van der Waals surface area contributed by atoms with Crippen LogP contribution in [0.15, 0.2) is 60.7 Å². The molecular formula is C24H25N3O2. The molecule has 1 aliphatic rings. The Morgan fingerprint density at radius 1 is 1.00 bits per heavy atom. The van der Waals surface area contributed by atoms with Gasteiger partial charge in [-0.1, -0.05) is 42.5 Å². The van der Waals surface area contributed by atoms with E-state index in [1.54, 1.807) is 0 Å². The quantitative estimate of drug-likeness (QED) is 0.664. The summed E-state index contributed by atoms with van der Waals surface area (Å²) in [6, 6.07) is 19.8. The van der Waals surface area contributed by atoms with Gasteiger partial charge in [0, 0.05) is 23.9 Å². The fourth-order valence-electron chi connectivity index (χ4n) is 3.75. The summed E-state index contributed by atoms with van der Waals surface area (Å²) in [5.74, 6) is 1.33. The van der Waals surface area contributed by atoms with Crippen LogP contribution in [-0.4, -0.2) is 40.0 Å². The topological polar surface area (TPSA) is 55.3 Å². The number of nitrogens with zero attached hydrogens (tertiary/aromatic N) is 3. The van der Waals surface area contributed by atoms with E-state index in [0.29, 0.717) is 23.8 Å². The highest BCUT2D eigenvalue weighted by atomic mass is 16.5. The molecule has 1 fully saturated rings. The number of amides is 1. The van der Waals surface area contributed by atoms with Crippen molar-refractivity contribution < 1.29 is 9.53 Å². The number of hydrogen-bond acceptors (Lipinski definition) is 4. The molecule has 0 N–H and O–H groups in total. The molecule has 2 heterocycles. The lowest BCUT2D eigenvalue weighted by Gasteiger charge is -2.32. The minimum atomic E-state index is -0.0509. The molecule has 4 rings (SSSR count). The molecule has 29 heavy (non-hydrogen) atoms. The Morgan fingerprint density at radius 3 is 2.45 bits per heavy atom. The monoisotopic (exact) mass is 387 g/mol. The highest BCUT2D eigenvalue weighted by molar-refractivity contribution is 5.94. The largest absolute Gasteiger partial charge is 0.472 e. The third-order valence-corrected chi connectivity index (χ3v) is 5.13. The summed E-state index contributed by atoms with van der Waals surface area (Å²) in [6.07, 6.45) is 1.78. The van der Waals surface area contributed by atoms with Crippen LogP contribution in [0.2, 0.25) is 0 Å². The van der Waals surface area contributed by atoms with Crippen LogP contribution < -0.4 is 4.74 Å². The Morgan fingerprint density at radius 2 is 1.72 bits per heavy atom. The molecule has 1 amide bonds. The van der Waals surface area contributed by atoms with Crippen molar-refractivity contribution in [3.05, 3.63) is 77.7 Å². The molecule has 2 aromatic carbocycles. The highest BCUT2D eigenvalue weighted by Crippen LogP contribution is 2.22. The number of piperidine rings is 1. The maximum absolute atomic E-state index is 13.0. The molecule has 0 radical (unpaired) electrons. The van der Waals surface area contributed by atoms with E-state index in [1.807, 2.05) is 67.3 Å². The van der Waals surface area contributed by atoms with Gasteiger partial charge in [0.05, 0.1) is 6.54 Å². The molecule has 0 bridgehead atoms. The summed E-state index contributed by atoms with van der Waals surface area (Å²) in [7, 11) is 0. The average molecular weight is 387 g/mol. The van der Waals surface area contributed by atoms with Gasteiger partial charge >= 0.3 is 0 Å². The number of carbonyl (C=O) groups is 1. The minimum absolute atomic E-state index is 0.0490. The fourth-order valence-corrected chi connectivity index (χ4v) is 3.75. The predicted molar refractivity (Wildman–Crippen MR) is 113 cm³/mol. The summed E-state index contributed by atoms with van der Waals surface area (Å²) in [4.78, 5) is 23.5. The molecular weight excluding hydrogens is 362 g/mol. The van der Waals surface area contributed by atoms with Gasteiger partial charge < -0.3 is 9.64 Å². The summed E-state index contributed by atoms with van der Waals surface area (Å²) in [5.41, 5.74) is 3.85. The van der Waals surface area contributed by atoms with Gasteiger partial charge in [-0.25, -0.2) is 4.98 Å². The number of hydrogen-bond donors (Lipinski definition) is 0. The second kappa shape index (κ2) is 8.43. The van der Waals surface area contributed by atoms with Crippen molar-refractivity contribution in [3.8, 4) is 17.0 Å². The van der Waals surface area contributed by atoms with Crippen LogP contribution in [0, 0.1) is 13.8 Å². The van der Waals surface area contributed by atoms with Crippen LogP contribution in [0.3, 0.4) is 0 Å². The molecule has 0 aliphatic carbocycles. The average Bonchev–Trinajstić information content (AvgIpc) is 2.73. The van der Waals surface area contributed by atoms with Crippen LogP contribution in [0.25, 0.3) is 11.1 Å². The van der Waals surface area contributed by atoms with Gasteiger partial charge in [-0.15, -0.1) is 0 Å². The number of carbonyl (C=O) groups excluding carboxylic acids is 1. The van der Waals surface area contributed by atoms with E-state index in [-0.39, 0.29) is 12.0 Å². The number of aryl methyl sites for hydroxylation is 2. The first-order valence-corrected chi connectivity index (χ1v) is 10.0. The van der Waals surface area contributed by atoms with E-state index < -0.39 is 0 Å². The Hall–Kier alpha value is -3.21. The lowest BCUT2D eigenvalue weighted by atomic mass is 10.0. The van der Waals surface area contributed by atoms with E-state index >= 15 is 0 Å². The number of ether oxygens (including phenoxy) is 1. The highest BCUT2D eigenvalue weighted by Gasteiger charge is 2.26. The van der Waals surface area contributed by atoms with Crippen molar-refractivity contribution >= 4 is 5.91 Å². The Labute approximate surface area is 171 Å². The van der Waals surface area contributed by atoms with Gasteiger partial charge in [0.1, 0.15) is 11.9 Å². The Balaban J connectivity index is 1.43. The summed E-state index contributed by atoms with van der Waals surface area (Å²) in [5, 5.41) is 0. The Kier molecular flexibility index (Phi) is 5.56. The van der Waals surface area contributed by atoms with Gasteiger partial charge in [0.15, 0.2) is 0 Å². The first kappa shape index (κ1) is 19.1. The van der Waals surface area contributed by atoms with Crippen LogP contribution in [0.5, 0.6) is 5.88 Å². The van der Waals surface area contributed by atoms with E-state index in [0.717, 1.165) is 36.2 Å². The first-order chi connectivity index (χ1) is 14.1. The van der Waals surface area contributed by atoms with E-state index in [4.69, 9.17) is 4.74 Å². The summed E-state index contributed by atoms with van der Waals surface area (Å²) in [6.45, 7) is 5.11. The second-order valence-electron chi connectivity index (χ2n) is 7.47. The molecule has 148 valence electrons. The smallest absolute Gasteiger partial charge is 0.253 e. The standard InChI is InChI=1S/C24H25N3O2/c1-17-15-23(26-18(2)25-17)29-22-9-6-14-27(16-22)24(28)21-12-10-20(11-13-21)19-7-4-3-5-8-19/h3-5,7-8,10-13,15,22H,6,9,14,16H2,1-2H3. The van der Waals surface area contributed by atoms with Crippen molar-refractivity contribution in [2.45, 2.75) is 32.8 Å². The van der Waals surface area contributed by atoms with Gasteiger partial charge in [0.2, 0.25) is 5.88 Å². The maximum Gasteiger partial charge on any atom is 0.253 e. The molecule has 5 nitrogen and oxygen atoms in total. The second-order valence-corrected chi connectivity index (χ2v) is 7.47. The van der Waals surface area contributed by atoms with Crippen molar-refractivity contribution in [2.75, 3.05) is 13.1 Å². The molecule has 1 aliphatic heterocycles. The molecule has 1 saturated heterocycles. The zero-order valence-electron chi connectivity index (χ0n) is 16.8. The third-order valence-electron chi connectivity index (χ3n) is 5.13. The number of likely N-dealkylation sites (tertiary alicyclic amines) is 1. The van der Waals surface area contributed by atoms with Gasteiger partial charge in [0.25, 0.3) is 5.91 Å². The number of aromatic nitrogens is 2. The van der Waals surface area contributed by atoms with E-state index in [9.17, 15) is 4.79 Å². The van der Waals surface area contributed by atoms with Gasteiger partial charge in [-0.2, -0.15) is 4.98 Å². The van der Waals surface area contributed by atoms with Crippen molar-refractivity contribution in [1.82, 2.24) is 14.9 Å². The van der Waals surface area contributed by atoms with E-state index in [1.165, 1.54) is 0 Å². The molecule has 0 spiro atoms. The number of benzene rings is 2. The zero-order valence-corrected chi connectivity index (χ0v) is 16.8. The summed E-state index contributed by atoms with van der Waals surface area (Å²) >= 11 is 0. The van der Waals surface area contributed by atoms with E-state index in [2.05, 4.69) is 22.1 Å². The SMILES string of the molecule is Cc1cc(OC2CCCN(C(=O)c3ccc(-c4ccccc4)cc3)C2)nc(C)n1. The third kappa shape index (κ3) is 4.62. The molecule has 1 aromatic heterocycles. The van der Waals surface area contributed by atoms with Gasteiger partial charge in [-0.3, -0.25) is 4.79 Å². The predicted octanol–water partition coefficient (Wildman–Crippen LogP) is 4.44. The molecule has 3 aromatic rings. The molecule has 0 saturated carbocycles. The fraction of sp³-hybridized carbons (Fsp3) is 0.292. The minimum Gasteiger partial charge on any atom is -0.472 e. The van der Waals surface area contributed by atoms with Crippen molar-refractivity contribution in [1.29, 1.82) is 0 Å². The lowest BCUT2D eigenvalue weighted by Crippen LogP contribution is -2.44. The summed E-state index contributed by atoms with van der Waals surface area (Å²) < 4.78 is 6.07.